The van der Waals surface area contributed by atoms with Crippen LogP contribution in [0.1, 0.15) is 18.1 Å². The summed E-state index contributed by atoms with van der Waals surface area (Å²) in [7, 11) is 2.84. The third-order valence-corrected chi connectivity index (χ3v) is 5.75. The van der Waals surface area contributed by atoms with E-state index in [1.807, 2.05) is 30.3 Å². The fourth-order valence-electron chi connectivity index (χ4n) is 4.26. The fraction of sp³-hybridized carbons (Fsp3) is 0.208. The minimum atomic E-state index is -1.90. The second-order valence-electron chi connectivity index (χ2n) is 7.46. The van der Waals surface area contributed by atoms with E-state index in [4.69, 9.17) is 19.9 Å². The predicted octanol–water partition coefficient (Wildman–Crippen LogP) is 2.29. The Morgan fingerprint density at radius 1 is 1.03 bits per heavy atom. The van der Waals surface area contributed by atoms with Crippen LogP contribution >= 0.6 is 0 Å². The topological polar surface area (TPSA) is 108 Å². The predicted molar refractivity (Wildman–Crippen MR) is 115 cm³/mol. The molecule has 0 fully saturated rings. The average molecular weight is 434 g/mol. The standard InChI is InChI=1S/C24H22N2O6/c1-14-18(22(28)31-13-15-9-5-4-6-10-15)24(23(29)32-14)16-11-7-8-12-17(16)26(2)20(25)19(24)21(27)30-3/h4-12H,13,25H2,1-3H3/t24-/m0/s1. The lowest BCUT2D eigenvalue weighted by Gasteiger charge is -2.39. The molecule has 164 valence electrons. The summed E-state index contributed by atoms with van der Waals surface area (Å²) >= 11 is 0. The van der Waals surface area contributed by atoms with Gasteiger partial charge in [-0.2, -0.15) is 0 Å². The minimum absolute atomic E-state index is 0.0180. The molecule has 8 heteroatoms. The second-order valence-corrected chi connectivity index (χ2v) is 7.46. The molecule has 2 aliphatic heterocycles. The molecule has 2 heterocycles. The van der Waals surface area contributed by atoms with Gasteiger partial charge in [-0.1, -0.05) is 48.5 Å². The van der Waals surface area contributed by atoms with Gasteiger partial charge in [0.05, 0.1) is 7.11 Å². The molecule has 2 aliphatic rings. The highest BCUT2D eigenvalue weighted by molar-refractivity contribution is 6.16. The molecular formula is C24H22N2O6. The number of cyclic esters (lactones) is 1. The molecule has 2 aromatic rings. The Balaban J connectivity index is 1.91. The van der Waals surface area contributed by atoms with E-state index in [0.29, 0.717) is 11.3 Å². The summed E-state index contributed by atoms with van der Waals surface area (Å²) in [6.45, 7) is 1.47. The van der Waals surface area contributed by atoms with E-state index in [2.05, 4.69) is 0 Å². The van der Waals surface area contributed by atoms with E-state index in [9.17, 15) is 14.4 Å². The smallest absolute Gasteiger partial charge is 0.339 e. The lowest BCUT2D eigenvalue weighted by atomic mass is 9.66. The highest BCUT2D eigenvalue weighted by Gasteiger charge is 2.63. The van der Waals surface area contributed by atoms with Crippen molar-refractivity contribution in [3.63, 3.8) is 0 Å². The number of methoxy groups -OCH3 is 1. The third-order valence-electron chi connectivity index (χ3n) is 5.75. The van der Waals surface area contributed by atoms with Gasteiger partial charge in [0.25, 0.3) is 0 Å². The van der Waals surface area contributed by atoms with Crippen molar-refractivity contribution >= 4 is 23.6 Å². The summed E-state index contributed by atoms with van der Waals surface area (Å²) in [5, 5.41) is 0. The van der Waals surface area contributed by atoms with Gasteiger partial charge in [-0.15, -0.1) is 0 Å². The van der Waals surface area contributed by atoms with E-state index in [1.54, 1.807) is 36.2 Å². The van der Waals surface area contributed by atoms with E-state index < -0.39 is 23.3 Å². The largest absolute Gasteiger partial charge is 0.466 e. The van der Waals surface area contributed by atoms with Gasteiger partial charge in [0.15, 0.2) is 5.41 Å². The summed E-state index contributed by atoms with van der Waals surface area (Å²) in [4.78, 5) is 41.3. The first-order chi connectivity index (χ1) is 15.3. The number of para-hydroxylation sites is 1. The molecule has 8 nitrogen and oxygen atoms in total. The van der Waals surface area contributed by atoms with Crippen LogP contribution in [0.4, 0.5) is 5.69 Å². The zero-order valence-electron chi connectivity index (χ0n) is 17.9. The van der Waals surface area contributed by atoms with Crippen LogP contribution < -0.4 is 10.6 Å². The van der Waals surface area contributed by atoms with Gasteiger partial charge < -0.3 is 24.8 Å². The van der Waals surface area contributed by atoms with E-state index in [-0.39, 0.29) is 29.3 Å². The molecule has 0 bridgehead atoms. The maximum atomic E-state index is 13.4. The molecule has 0 aromatic heterocycles. The van der Waals surface area contributed by atoms with Crippen molar-refractivity contribution in [3.05, 3.63) is 88.5 Å². The first-order valence-corrected chi connectivity index (χ1v) is 9.90. The molecule has 1 atom stereocenters. The van der Waals surface area contributed by atoms with E-state index >= 15 is 0 Å². The lowest BCUT2D eigenvalue weighted by Crippen LogP contribution is -2.49. The van der Waals surface area contributed by atoms with Gasteiger partial charge in [-0.3, -0.25) is 0 Å². The zero-order chi connectivity index (χ0) is 23.0. The Morgan fingerprint density at radius 3 is 2.38 bits per heavy atom. The van der Waals surface area contributed by atoms with Crippen LogP contribution in [0.15, 0.2) is 77.3 Å². The van der Waals surface area contributed by atoms with Crippen LogP contribution in [0.3, 0.4) is 0 Å². The molecule has 32 heavy (non-hydrogen) atoms. The summed E-state index contributed by atoms with van der Waals surface area (Å²) in [5.41, 5.74) is 5.84. The van der Waals surface area contributed by atoms with Gasteiger partial charge in [-0.05, 0) is 18.6 Å². The molecule has 0 saturated carbocycles. The number of rotatable bonds is 4. The van der Waals surface area contributed by atoms with Crippen LogP contribution in [-0.2, 0) is 40.6 Å². The van der Waals surface area contributed by atoms with Crippen molar-refractivity contribution in [2.75, 3.05) is 19.1 Å². The molecule has 4 rings (SSSR count). The summed E-state index contributed by atoms with van der Waals surface area (Å²) < 4.78 is 15.9. The highest BCUT2D eigenvalue weighted by Crippen LogP contribution is 2.53. The fourth-order valence-corrected chi connectivity index (χ4v) is 4.26. The van der Waals surface area contributed by atoms with E-state index in [1.165, 1.54) is 14.0 Å². The van der Waals surface area contributed by atoms with Crippen molar-refractivity contribution in [1.29, 1.82) is 0 Å². The summed E-state index contributed by atoms with van der Waals surface area (Å²) in [6.07, 6.45) is 0. The van der Waals surface area contributed by atoms with Gasteiger partial charge >= 0.3 is 17.9 Å². The quantitative estimate of drug-likeness (QED) is 0.577. The Labute approximate surface area is 184 Å². The first-order valence-electron chi connectivity index (χ1n) is 9.90. The van der Waals surface area contributed by atoms with Gasteiger partial charge in [-0.25, -0.2) is 14.4 Å². The minimum Gasteiger partial charge on any atom is -0.466 e. The monoisotopic (exact) mass is 434 g/mol. The lowest BCUT2D eigenvalue weighted by molar-refractivity contribution is -0.146. The molecular weight excluding hydrogens is 412 g/mol. The second kappa shape index (κ2) is 7.88. The maximum absolute atomic E-state index is 13.4. The number of fused-ring (bicyclic) bond motifs is 2. The van der Waals surface area contributed by atoms with Crippen molar-refractivity contribution in [1.82, 2.24) is 0 Å². The zero-order valence-corrected chi connectivity index (χ0v) is 17.9. The number of carbonyl (C=O) groups is 3. The van der Waals surface area contributed by atoms with Crippen LogP contribution in [-0.4, -0.2) is 32.1 Å². The number of nitrogens with zero attached hydrogens (tertiary/aromatic N) is 1. The summed E-state index contributed by atoms with van der Waals surface area (Å²) in [5.74, 6) is -2.42. The molecule has 1 spiro atoms. The molecule has 2 aromatic carbocycles. The maximum Gasteiger partial charge on any atom is 0.339 e. The number of anilines is 1. The van der Waals surface area contributed by atoms with E-state index in [0.717, 1.165) is 5.56 Å². The number of hydrogen-bond acceptors (Lipinski definition) is 8. The van der Waals surface area contributed by atoms with Crippen LogP contribution in [0.2, 0.25) is 0 Å². The van der Waals surface area contributed by atoms with Crippen molar-refractivity contribution < 1.29 is 28.6 Å². The van der Waals surface area contributed by atoms with Gasteiger partial charge in [0.1, 0.15) is 29.3 Å². The number of ether oxygens (including phenoxy) is 3. The molecule has 0 aliphatic carbocycles. The van der Waals surface area contributed by atoms with Crippen molar-refractivity contribution in [2.45, 2.75) is 18.9 Å². The number of allylic oxidation sites excluding steroid dienone is 1. The molecule has 2 N–H and O–H groups in total. The van der Waals surface area contributed by atoms with Crippen molar-refractivity contribution in [2.24, 2.45) is 5.73 Å². The number of benzene rings is 2. The third kappa shape index (κ3) is 2.95. The van der Waals surface area contributed by atoms with Crippen LogP contribution in [0.5, 0.6) is 0 Å². The van der Waals surface area contributed by atoms with Gasteiger partial charge in [0, 0.05) is 18.3 Å². The number of carbonyl (C=O) groups excluding carboxylic acids is 3. The number of hydrogen-bond donors (Lipinski definition) is 1. The Hall–Kier alpha value is -4.07. The Kier molecular flexibility index (Phi) is 5.22. The first kappa shape index (κ1) is 21.2. The molecule has 0 radical (unpaired) electrons. The molecule has 0 amide bonds. The molecule has 0 saturated heterocycles. The Morgan fingerprint density at radius 2 is 1.69 bits per heavy atom. The van der Waals surface area contributed by atoms with Gasteiger partial charge in [0.2, 0.25) is 0 Å². The Bertz CT molecular complexity index is 1180. The van der Waals surface area contributed by atoms with Crippen molar-refractivity contribution in [3.8, 4) is 0 Å². The van der Waals surface area contributed by atoms with Crippen LogP contribution in [0.25, 0.3) is 0 Å². The summed E-state index contributed by atoms with van der Waals surface area (Å²) in [6, 6.07) is 16.0. The number of nitrogens with two attached hydrogens (primary N) is 1. The SMILES string of the molecule is COC(=O)C1=C(N)N(C)c2ccccc2[C@@]12C(=O)OC(C)=C2C(=O)OCc1ccccc1. The highest BCUT2D eigenvalue weighted by atomic mass is 16.6. The normalized spacial score (nSPS) is 19.7. The average Bonchev–Trinajstić information content (AvgIpc) is 3.06. The van der Waals surface area contributed by atoms with Crippen LogP contribution in [0, 0.1) is 0 Å². The molecule has 0 unspecified atom stereocenters. The number of esters is 3.